The van der Waals surface area contributed by atoms with Crippen LogP contribution in [0.4, 0.5) is 5.69 Å². The number of anilines is 1. The molecule has 120 valence electrons. The van der Waals surface area contributed by atoms with Gasteiger partial charge in [-0.15, -0.1) is 0 Å². The third-order valence-corrected chi connectivity index (χ3v) is 4.29. The molecular weight excluding hydrogens is 335 g/mol. The van der Waals surface area contributed by atoms with Crippen molar-refractivity contribution < 1.29 is 9.53 Å². The molecule has 0 aromatic heterocycles. The molecule has 1 heterocycles. The molecule has 1 aliphatic heterocycles. The summed E-state index contributed by atoms with van der Waals surface area (Å²) in [6, 6.07) is 12.6. The van der Waals surface area contributed by atoms with Crippen LogP contribution in [0.1, 0.15) is 22.0 Å². The molecule has 1 unspecified atom stereocenters. The molecule has 23 heavy (non-hydrogen) atoms. The van der Waals surface area contributed by atoms with Gasteiger partial charge in [0.15, 0.2) is 0 Å². The maximum Gasteiger partial charge on any atom is 0.258 e. The lowest BCUT2D eigenvalue weighted by Gasteiger charge is -2.24. The molecule has 1 fully saturated rings. The first kappa shape index (κ1) is 16.3. The van der Waals surface area contributed by atoms with Crippen LogP contribution in [0.15, 0.2) is 42.5 Å². The molecule has 2 aromatic carbocycles. The van der Waals surface area contributed by atoms with Crippen LogP contribution in [0.2, 0.25) is 10.0 Å². The molecule has 2 N–H and O–H groups in total. The van der Waals surface area contributed by atoms with Crippen molar-refractivity contribution in [3.63, 3.8) is 0 Å². The summed E-state index contributed by atoms with van der Waals surface area (Å²) >= 11 is 12.1. The lowest BCUT2D eigenvalue weighted by atomic mass is 10.1. The van der Waals surface area contributed by atoms with Crippen molar-refractivity contribution in [2.75, 3.05) is 25.0 Å². The van der Waals surface area contributed by atoms with Gasteiger partial charge in [0.25, 0.3) is 5.91 Å². The minimum Gasteiger partial charge on any atom is -0.371 e. The third-order valence-electron chi connectivity index (χ3n) is 3.66. The Labute approximate surface area is 144 Å². The quantitative estimate of drug-likeness (QED) is 0.882. The summed E-state index contributed by atoms with van der Waals surface area (Å²) in [4.78, 5) is 12.3. The molecule has 1 amide bonds. The fraction of sp³-hybridized carbons (Fsp3) is 0.235. The maximum absolute atomic E-state index is 12.3. The Hall–Kier alpha value is -1.59. The number of hydrogen-bond acceptors (Lipinski definition) is 3. The second kappa shape index (κ2) is 7.32. The molecule has 1 saturated heterocycles. The smallest absolute Gasteiger partial charge is 0.258 e. The number of hydrogen-bond donors (Lipinski definition) is 2. The van der Waals surface area contributed by atoms with Crippen molar-refractivity contribution in [3.05, 3.63) is 63.6 Å². The molecule has 2 aromatic rings. The predicted octanol–water partition coefficient (Wildman–Crippen LogP) is 3.91. The number of amides is 1. The van der Waals surface area contributed by atoms with Crippen LogP contribution in [-0.2, 0) is 4.74 Å². The summed E-state index contributed by atoms with van der Waals surface area (Å²) in [6.45, 7) is 2.37. The minimum absolute atomic E-state index is 0.0477. The fourth-order valence-corrected chi connectivity index (χ4v) is 3.04. The van der Waals surface area contributed by atoms with Gasteiger partial charge in [-0.3, -0.25) is 4.79 Å². The largest absolute Gasteiger partial charge is 0.371 e. The highest BCUT2D eigenvalue weighted by Crippen LogP contribution is 2.26. The van der Waals surface area contributed by atoms with E-state index in [-0.39, 0.29) is 17.6 Å². The summed E-state index contributed by atoms with van der Waals surface area (Å²) in [5, 5.41) is 6.75. The molecule has 0 spiro atoms. The van der Waals surface area contributed by atoms with Crippen LogP contribution < -0.4 is 10.6 Å². The average Bonchev–Trinajstić information content (AvgIpc) is 2.56. The number of carbonyl (C=O) groups excluding carboxylic acids is 1. The van der Waals surface area contributed by atoms with E-state index in [1.807, 2.05) is 24.3 Å². The summed E-state index contributed by atoms with van der Waals surface area (Å²) in [5.74, 6) is -0.330. The first-order valence-electron chi connectivity index (χ1n) is 7.33. The van der Waals surface area contributed by atoms with Gasteiger partial charge in [0, 0.05) is 18.8 Å². The van der Waals surface area contributed by atoms with Crippen LogP contribution in [-0.4, -0.2) is 25.6 Å². The molecule has 1 aliphatic rings. The van der Waals surface area contributed by atoms with Crippen LogP contribution in [0.25, 0.3) is 0 Å². The fourth-order valence-electron chi connectivity index (χ4n) is 2.47. The van der Waals surface area contributed by atoms with Gasteiger partial charge in [-0.2, -0.15) is 0 Å². The van der Waals surface area contributed by atoms with Crippen molar-refractivity contribution in [2.45, 2.75) is 6.10 Å². The van der Waals surface area contributed by atoms with E-state index in [1.54, 1.807) is 18.2 Å². The maximum atomic E-state index is 12.3. The first-order valence-corrected chi connectivity index (χ1v) is 8.08. The van der Waals surface area contributed by atoms with Gasteiger partial charge in [-0.1, -0.05) is 41.4 Å². The van der Waals surface area contributed by atoms with Gasteiger partial charge in [-0.25, -0.2) is 0 Å². The van der Waals surface area contributed by atoms with Crippen molar-refractivity contribution in [3.8, 4) is 0 Å². The Morgan fingerprint density at radius 2 is 1.83 bits per heavy atom. The highest BCUT2D eigenvalue weighted by molar-refractivity contribution is 6.40. The number of carbonyl (C=O) groups is 1. The Morgan fingerprint density at radius 1 is 1.13 bits per heavy atom. The molecule has 1 atom stereocenters. The molecule has 0 bridgehead atoms. The van der Waals surface area contributed by atoms with Gasteiger partial charge in [0.2, 0.25) is 0 Å². The molecule has 0 saturated carbocycles. The summed E-state index contributed by atoms with van der Waals surface area (Å²) in [7, 11) is 0. The highest BCUT2D eigenvalue weighted by atomic mass is 35.5. The van der Waals surface area contributed by atoms with Crippen molar-refractivity contribution >= 4 is 34.8 Å². The number of halogens is 2. The van der Waals surface area contributed by atoms with E-state index in [4.69, 9.17) is 27.9 Å². The van der Waals surface area contributed by atoms with Crippen molar-refractivity contribution in [1.29, 1.82) is 0 Å². The lowest BCUT2D eigenvalue weighted by Crippen LogP contribution is -2.33. The monoisotopic (exact) mass is 350 g/mol. The highest BCUT2D eigenvalue weighted by Gasteiger charge is 2.17. The Kier molecular flexibility index (Phi) is 5.18. The lowest BCUT2D eigenvalue weighted by molar-refractivity contribution is 0.0277. The van der Waals surface area contributed by atoms with E-state index >= 15 is 0 Å². The number of benzene rings is 2. The number of rotatable bonds is 3. The van der Waals surface area contributed by atoms with E-state index in [1.165, 1.54) is 0 Å². The van der Waals surface area contributed by atoms with Gasteiger partial charge < -0.3 is 15.4 Å². The Morgan fingerprint density at radius 3 is 2.43 bits per heavy atom. The zero-order valence-corrected chi connectivity index (χ0v) is 13.8. The first-order chi connectivity index (χ1) is 11.1. The zero-order valence-electron chi connectivity index (χ0n) is 12.3. The third kappa shape index (κ3) is 3.85. The van der Waals surface area contributed by atoms with Gasteiger partial charge in [0.05, 0.1) is 28.3 Å². The molecule has 3 rings (SSSR count). The Balaban J connectivity index is 1.72. The topological polar surface area (TPSA) is 50.4 Å². The standard InChI is InChI=1S/C17H16Cl2N2O2/c18-13-2-1-3-14(19)16(13)17(22)21-12-6-4-11(5-7-12)15-10-20-8-9-23-15/h1-7,15,20H,8-10H2,(H,21,22). The van der Waals surface area contributed by atoms with E-state index in [2.05, 4.69) is 10.6 Å². The normalized spacial score (nSPS) is 17.7. The summed E-state index contributed by atoms with van der Waals surface area (Å²) in [5.41, 5.74) is 2.03. The molecular formula is C17H16Cl2N2O2. The van der Waals surface area contributed by atoms with Crippen LogP contribution >= 0.6 is 23.2 Å². The van der Waals surface area contributed by atoms with Crippen LogP contribution in [0.5, 0.6) is 0 Å². The minimum atomic E-state index is -0.330. The van der Waals surface area contributed by atoms with Gasteiger partial charge in [-0.05, 0) is 29.8 Å². The molecule has 6 heteroatoms. The number of morpholine rings is 1. The van der Waals surface area contributed by atoms with Crippen molar-refractivity contribution in [1.82, 2.24) is 5.32 Å². The second-order valence-corrected chi connectivity index (χ2v) is 6.05. The zero-order chi connectivity index (χ0) is 16.2. The van der Waals surface area contributed by atoms with Gasteiger partial charge in [0.1, 0.15) is 0 Å². The van der Waals surface area contributed by atoms with Crippen LogP contribution in [0.3, 0.4) is 0 Å². The summed E-state index contributed by atoms with van der Waals surface area (Å²) in [6.07, 6.45) is 0.0477. The molecule has 0 aliphatic carbocycles. The van der Waals surface area contributed by atoms with E-state index in [0.29, 0.717) is 22.3 Å². The predicted molar refractivity (Wildman–Crippen MR) is 92.4 cm³/mol. The number of ether oxygens (including phenoxy) is 1. The van der Waals surface area contributed by atoms with E-state index in [9.17, 15) is 4.79 Å². The molecule has 0 radical (unpaired) electrons. The SMILES string of the molecule is O=C(Nc1ccc(C2CNCCO2)cc1)c1c(Cl)cccc1Cl. The van der Waals surface area contributed by atoms with E-state index in [0.717, 1.165) is 18.7 Å². The van der Waals surface area contributed by atoms with Crippen LogP contribution in [0, 0.1) is 0 Å². The average molecular weight is 351 g/mol. The van der Waals surface area contributed by atoms with E-state index < -0.39 is 0 Å². The summed E-state index contributed by atoms with van der Waals surface area (Å²) < 4.78 is 5.70. The van der Waals surface area contributed by atoms with Gasteiger partial charge >= 0.3 is 0 Å². The van der Waals surface area contributed by atoms with Crippen molar-refractivity contribution in [2.24, 2.45) is 0 Å². The number of nitrogens with one attached hydrogen (secondary N) is 2. The molecule has 4 nitrogen and oxygen atoms in total. The Bertz CT molecular complexity index is 678. The second-order valence-electron chi connectivity index (χ2n) is 5.24.